The van der Waals surface area contributed by atoms with Crippen LogP contribution in [0.5, 0.6) is 5.75 Å². The number of benzene rings is 2. The van der Waals surface area contributed by atoms with Gasteiger partial charge in [-0.1, -0.05) is 36.4 Å². The molecule has 0 spiro atoms. The normalized spacial score (nSPS) is 12.8. The molecule has 0 aliphatic rings. The summed E-state index contributed by atoms with van der Waals surface area (Å²) in [5.41, 5.74) is 0. The monoisotopic (exact) mass is 256 g/mol. The largest absolute Gasteiger partial charge is 0.490 e. The molecule has 0 saturated heterocycles. The molecule has 2 aromatic carbocycles. The Labute approximate surface area is 116 Å². The lowest BCUT2D eigenvalue weighted by molar-refractivity contribution is 0.228. The lowest BCUT2D eigenvalue weighted by atomic mass is 10.1. The van der Waals surface area contributed by atoms with Crippen molar-refractivity contribution in [2.45, 2.75) is 18.9 Å². The average molecular weight is 256 g/mol. The van der Waals surface area contributed by atoms with E-state index in [1.807, 2.05) is 24.3 Å². The van der Waals surface area contributed by atoms with Crippen LogP contribution in [-0.2, 0) is 0 Å². The van der Waals surface area contributed by atoms with Crippen LogP contribution in [0.3, 0.4) is 0 Å². The quantitative estimate of drug-likeness (QED) is 0.780. The standard InChI is InChI=1S/C17H22NO/c1-14(8-7-13-18(2)3)19-17-12-6-10-15-9-4-5-11-16(15)17/h4-6,9-12,14H,1,7-8,13H2,2-3H3. The summed E-state index contributed by atoms with van der Waals surface area (Å²) >= 11 is 0. The van der Waals surface area contributed by atoms with Crippen LogP contribution >= 0.6 is 0 Å². The molecule has 0 aromatic heterocycles. The first-order valence-corrected chi connectivity index (χ1v) is 6.79. The van der Waals surface area contributed by atoms with Gasteiger partial charge in [0.1, 0.15) is 5.75 Å². The molecule has 0 N–H and O–H groups in total. The number of rotatable bonds is 6. The van der Waals surface area contributed by atoms with Crippen molar-refractivity contribution in [2.24, 2.45) is 0 Å². The molecule has 19 heavy (non-hydrogen) atoms. The molecule has 0 aliphatic heterocycles. The highest BCUT2D eigenvalue weighted by Gasteiger charge is 2.07. The van der Waals surface area contributed by atoms with Crippen molar-refractivity contribution in [3.8, 4) is 5.75 Å². The van der Waals surface area contributed by atoms with Gasteiger partial charge in [-0.2, -0.15) is 0 Å². The highest BCUT2D eigenvalue weighted by Crippen LogP contribution is 2.26. The highest BCUT2D eigenvalue weighted by molar-refractivity contribution is 5.88. The molecule has 2 heteroatoms. The van der Waals surface area contributed by atoms with Crippen LogP contribution in [0.1, 0.15) is 12.8 Å². The van der Waals surface area contributed by atoms with Crippen LogP contribution in [0.15, 0.2) is 42.5 Å². The molecule has 101 valence electrons. The van der Waals surface area contributed by atoms with Crippen molar-refractivity contribution in [3.63, 3.8) is 0 Å². The van der Waals surface area contributed by atoms with Crippen molar-refractivity contribution in [2.75, 3.05) is 20.6 Å². The number of nitrogens with zero attached hydrogens (tertiary/aromatic N) is 1. The third-order valence-electron chi connectivity index (χ3n) is 3.17. The van der Waals surface area contributed by atoms with E-state index in [1.165, 1.54) is 5.39 Å². The average Bonchev–Trinajstić information content (AvgIpc) is 2.39. The smallest absolute Gasteiger partial charge is 0.127 e. The second-order valence-corrected chi connectivity index (χ2v) is 5.16. The van der Waals surface area contributed by atoms with Crippen molar-refractivity contribution in [1.82, 2.24) is 4.90 Å². The van der Waals surface area contributed by atoms with Crippen LogP contribution in [0.4, 0.5) is 0 Å². The fourth-order valence-electron chi connectivity index (χ4n) is 2.17. The van der Waals surface area contributed by atoms with Gasteiger partial charge >= 0.3 is 0 Å². The van der Waals surface area contributed by atoms with Gasteiger partial charge in [0.05, 0.1) is 6.10 Å². The molecule has 0 aliphatic carbocycles. The van der Waals surface area contributed by atoms with Crippen molar-refractivity contribution in [1.29, 1.82) is 0 Å². The predicted molar refractivity (Wildman–Crippen MR) is 81.5 cm³/mol. The van der Waals surface area contributed by atoms with Crippen LogP contribution in [0.2, 0.25) is 0 Å². The Hall–Kier alpha value is -1.54. The van der Waals surface area contributed by atoms with E-state index in [0.717, 1.165) is 30.5 Å². The summed E-state index contributed by atoms with van der Waals surface area (Å²) in [5.74, 6) is 0.933. The van der Waals surface area contributed by atoms with Gasteiger partial charge in [0.2, 0.25) is 0 Å². The number of ether oxygens (including phenoxy) is 1. The SMILES string of the molecule is [CH2]C(CCCN(C)C)Oc1cccc2ccccc12. The molecule has 0 amide bonds. The third kappa shape index (κ3) is 3.97. The Morgan fingerprint density at radius 3 is 2.63 bits per heavy atom. The second-order valence-electron chi connectivity index (χ2n) is 5.16. The fraction of sp³-hybridized carbons (Fsp3) is 0.353. The van der Waals surface area contributed by atoms with E-state index in [2.05, 4.69) is 44.1 Å². The maximum absolute atomic E-state index is 5.98. The van der Waals surface area contributed by atoms with Gasteiger partial charge in [0.25, 0.3) is 0 Å². The molecule has 1 atom stereocenters. The second kappa shape index (κ2) is 6.58. The molecular weight excluding hydrogens is 234 g/mol. The van der Waals surface area contributed by atoms with Gasteiger partial charge in [-0.25, -0.2) is 0 Å². The van der Waals surface area contributed by atoms with Crippen molar-refractivity contribution in [3.05, 3.63) is 49.4 Å². The summed E-state index contributed by atoms with van der Waals surface area (Å²) in [6, 6.07) is 14.4. The van der Waals surface area contributed by atoms with Crippen molar-refractivity contribution < 1.29 is 4.74 Å². The molecule has 0 saturated carbocycles. The van der Waals surface area contributed by atoms with E-state index in [9.17, 15) is 0 Å². The van der Waals surface area contributed by atoms with Gasteiger partial charge in [0.15, 0.2) is 0 Å². The lowest BCUT2D eigenvalue weighted by Gasteiger charge is -2.17. The third-order valence-corrected chi connectivity index (χ3v) is 3.17. The Morgan fingerprint density at radius 1 is 1.11 bits per heavy atom. The summed E-state index contributed by atoms with van der Waals surface area (Å²) in [7, 11) is 4.17. The molecule has 0 heterocycles. The molecule has 1 unspecified atom stereocenters. The lowest BCUT2D eigenvalue weighted by Crippen LogP contribution is -2.18. The summed E-state index contributed by atoms with van der Waals surface area (Å²) in [6.07, 6.45) is 2.08. The zero-order valence-corrected chi connectivity index (χ0v) is 11.8. The summed E-state index contributed by atoms with van der Waals surface area (Å²) in [6.45, 7) is 5.17. The summed E-state index contributed by atoms with van der Waals surface area (Å²) < 4.78 is 5.98. The van der Waals surface area contributed by atoms with Gasteiger partial charge in [-0.05, 0) is 51.9 Å². The van der Waals surface area contributed by atoms with Crippen molar-refractivity contribution >= 4 is 10.8 Å². The predicted octanol–water partition coefficient (Wildman–Crippen LogP) is 3.76. The Balaban J connectivity index is 2.00. The minimum Gasteiger partial charge on any atom is -0.490 e. The molecular formula is C17H22NO. The van der Waals surface area contributed by atoms with Gasteiger partial charge in [-0.15, -0.1) is 0 Å². The van der Waals surface area contributed by atoms with Gasteiger partial charge in [0, 0.05) is 5.39 Å². The van der Waals surface area contributed by atoms with E-state index in [-0.39, 0.29) is 6.10 Å². The first-order chi connectivity index (χ1) is 9.16. The number of hydrogen-bond donors (Lipinski definition) is 0. The van der Waals surface area contributed by atoms with E-state index in [4.69, 9.17) is 4.74 Å². The Kier molecular flexibility index (Phi) is 4.80. The van der Waals surface area contributed by atoms with Crippen LogP contribution in [0.25, 0.3) is 10.8 Å². The molecule has 2 aromatic rings. The fourth-order valence-corrected chi connectivity index (χ4v) is 2.17. The maximum Gasteiger partial charge on any atom is 0.127 e. The van der Waals surface area contributed by atoms with E-state index in [1.54, 1.807) is 0 Å². The topological polar surface area (TPSA) is 12.5 Å². The molecule has 0 bridgehead atoms. The van der Waals surface area contributed by atoms with Crippen LogP contribution in [0, 0.1) is 6.92 Å². The first-order valence-electron chi connectivity index (χ1n) is 6.79. The van der Waals surface area contributed by atoms with Gasteiger partial charge < -0.3 is 9.64 Å². The molecule has 2 rings (SSSR count). The van der Waals surface area contributed by atoms with Crippen LogP contribution < -0.4 is 4.74 Å². The highest BCUT2D eigenvalue weighted by atomic mass is 16.5. The minimum absolute atomic E-state index is 0.00533. The Bertz CT molecular complexity index is 516. The van der Waals surface area contributed by atoms with E-state index in [0.29, 0.717) is 0 Å². The minimum atomic E-state index is 0.00533. The molecule has 2 nitrogen and oxygen atoms in total. The molecule has 1 radical (unpaired) electrons. The van der Waals surface area contributed by atoms with Gasteiger partial charge in [-0.3, -0.25) is 0 Å². The summed E-state index contributed by atoms with van der Waals surface area (Å²) in [4.78, 5) is 2.19. The number of hydrogen-bond acceptors (Lipinski definition) is 2. The van der Waals surface area contributed by atoms with E-state index < -0.39 is 0 Å². The summed E-state index contributed by atoms with van der Waals surface area (Å²) in [5, 5.41) is 2.37. The maximum atomic E-state index is 5.98. The number of fused-ring (bicyclic) bond motifs is 1. The Morgan fingerprint density at radius 2 is 1.84 bits per heavy atom. The first kappa shape index (κ1) is 13.9. The van der Waals surface area contributed by atoms with Crippen LogP contribution in [-0.4, -0.2) is 31.6 Å². The zero-order chi connectivity index (χ0) is 13.7. The molecule has 0 fully saturated rings. The van der Waals surface area contributed by atoms with E-state index >= 15 is 0 Å². The zero-order valence-electron chi connectivity index (χ0n) is 11.8.